The minimum atomic E-state index is 0.729. The van der Waals surface area contributed by atoms with Gasteiger partial charge in [0.05, 0.1) is 11.6 Å². The van der Waals surface area contributed by atoms with Crippen LogP contribution in [-0.4, -0.2) is 0 Å². The van der Waals surface area contributed by atoms with Gasteiger partial charge in [0.1, 0.15) is 0 Å². The minimum absolute atomic E-state index is 0.729. The van der Waals surface area contributed by atoms with E-state index in [1.165, 1.54) is 20.9 Å². The quantitative estimate of drug-likeness (QED) is 0.897. The zero-order valence-electron chi connectivity index (χ0n) is 11.4. The van der Waals surface area contributed by atoms with Crippen molar-refractivity contribution in [2.75, 3.05) is 0 Å². The number of nitrogens with one attached hydrogen (secondary N) is 1. The molecule has 2 rings (SSSR count). The molecule has 0 atom stereocenters. The molecule has 0 amide bonds. The van der Waals surface area contributed by atoms with E-state index in [1.807, 2.05) is 29.5 Å². The van der Waals surface area contributed by atoms with Crippen molar-refractivity contribution in [1.29, 1.82) is 5.26 Å². The first-order chi connectivity index (χ1) is 9.22. The van der Waals surface area contributed by atoms with Crippen molar-refractivity contribution >= 4 is 11.3 Å². The maximum atomic E-state index is 8.84. The lowest BCUT2D eigenvalue weighted by atomic mass is 10.1. The van der Waals surface area contributed by atoms with E-state index in [-0.39, 0.29) is 0 Å². The summed E-state index contributed by atoms with van der Waals surface area (Å²) in [7, 11) is 0. The second-order valence-electron chi connectivity index (χ2n) is 4.58. The summed E-state index contributed by atoms with van der Waals surface area (Å²) in [5.74, 6) is 0. The van der Waals surface area contributed by atoms with Crippen LogP contribution in [0.25, 0.3) is 0 Å². The van der Waals surface area contributed by atoms with Gasteiger partial charge in [-0.3, -0.25) is 0 Å². The zero-order valence-corrected chi connectivity index (χ0v) is 12.2. The van der Waals surface area contributed by atoms with Gasteiger partial charge in [0.2, 0.25) is 0 Å². The predicted octanol–water partition coefficient (Wildman–Crippen LogP) is 3.78. The molecule has 0 fully saturated rings. The molecule has 98 valence electrons. The Balaban J connectivity index is 1.90. The van der Waals surface area contributed by atoms with Gasteiger partial charge in [-0.15, -0.1) is 11.3 Å². The molecular formula is C16H18N2S. The van der Waals surface area contributed by atoms with Gasteiger partial charge in [-0.25, -0.2) is 0 Å². The lowest BCUT2D eigenvalue weighted by Gasteiger charge is -2.07. The van der Waals surface area contributed by atoms with Crippen molar-refractivity contribution in [2.45, 2.75) is 33.4 Å². The van der Waals surface area contributed by atoms with Crippen LogP contribution in [0, 0.1) is 18.3 Å². The Kier molecular flexibility index (Phi) is 4.73. The normalized spacial score (nSPS) is 10.4. The molecule has 2 nitrogen and oxygen atoms in total. The molecule has 1 aromatic heterocycles. The third kappa shape index (κ3) is 3.66. The van der Waals surface area contributed by atoms with Crippen LogP contribution >= 0.6 is 11.3 Å². The van der Waals surface area contributed by atoms with E-state index in [0.29, 0.717) is 0 Å². The van der Waals surface area contributed by atoms with Gasteiger partial charge < -0.3 is 5.32 Å². The number of nitrogens with zero attached hydrogens (tertiary/aromatic N) is 1. The van der Waals surface area contributed by atoms with Crippen LogP contribution < -0.4 is 5.32 Å². The summed E-state index contributed by atoms with van der Waals surface area (Å²) in [4.78, 5) is 2.81. The fraction of sp³-hybridized carbons (Fsp3) is 0.312. The van der Waals surface area contributed by atoms with E-state index >= 15 is 0 Å². The topological polar surface area (TPSA) is 35.8 Å². The molecule has 0 spiro atoms. The van der Waals surface area contributed by atoms with Crippen molar-refractivity contribution in [3.8, 4) is 6.07 Å². The lowest BCUT2D eigenvalue weighted by molar-refractivity contribution is 0.698. The van der Waals surface area contributed by atoms with Gasteiger partial charge in [0, 0.05) is 22.8 Å². The van der Waals surface area contributed by atoms with E-state index in [9.17, 15) is 0 Å². The van der Waals surface area contributed by atoms with Crippen molar-refractivity contribution in [1.82, 2.24) is 5.32 Å². The molecule has 0 saturated heterocycles. The Morgan fingerprint density at radius 2 is 1.95 bits per heavy atom. The summed E-state index contributed by atoms with van der Waals surface area (Å²) in [6, 6.07) is 12.4. The molecule has 0 unspecified atom stereocenters. The Morgan fingerprint density at radius 1 is 1.16 bits per heavy atom. The number of rotatable bonds is 5. The molecule has 0 aliphatic carbocycles. The van der Waals surface area contributed by atoms with Gasteiger partial charge in [-0.1, -0.05) is 13.0 Å². The summed E-state index contributed by atoms with van der Waals surface area (Å²) < 4.78 is 0. The summed E-state index contributed by atoms with van der Waals surface area (Å²) in [5, 5.41) is 12.3. The zero-order chi connectivity index (χ0) is 13.7. The van der Waals surface area contributed by atoms with E-state index in [1.54, 1.807) is 0 Å². The number of hydrogen-bond donors (Lipinski definition) is 1. The number of aryl methyl sites for hydroxylation is 2. The Labute approximate surface area is 118 Å². The van der Waals surface area contributed by atoms with Crippen molar-refractivity contribution in [3.63, 3.8) is 0 Å². The molecule has 3 heteroatoms. The van der Waals surface area contributed by atoms with Crippen LogP contribution in [0.3, 0.4) is 0 Å². The molecule has 1 N–H and O–H groups in total. The van der Waals surface area contributed by atoms with E-state index in [2.05, 4.69) is 37.4 Å². The molecule has 1 heterocycles. The van der Waals surface area contributed by atoms with Crippen LogP contribution in [0.15, 0.2) is 30.3 Å². The summed E-state index contributed by atoms with van der Waals surface area (Å²) in [6.45, 7) is 5.99. The van der Waals surface area contributed by atoms with E-state index in [0.717, 1.165) is 25.1 Å². The first kappa shape index (κ1) is 13.8. The number of thiophene rings is 1. The predicted molar refractivity (Wildman–Crippen MR) is 80.1 cm³/mol. The van der Waals surface area contributed by atoms with Crippen molar-refractivity contribution in [3.05, 3.63) is 56.8 Å². The Hall–Kier alpha value is -1.63. The summed E-state index contributed by atoms with van der Waals surface area (Å²) in [6.07, 6.45) is 1.11. The molecule has 2 aromatic rings. The first-order valence-corrected chi connectivity index (χ1v) is 7.32. The fourth-order valence-electron chi connectivity index (χ4n) is 1.99. The molecule has 0 radical (unpaired) electrons. The molecule has 0 bridgehead atoms. The molecular weight excluding hydrogens is 252 g/mol. The number of hydrogen-bond acceptors (Lipinski definition) is 3. The Morgan fingerprint density at radius 3 is 2.58 bits per heavy atom. The Bertz CT molecular complexity index is 593. The van der Waals surface area contributed by atoms with Crippen LogP contribution in [0.4, 0.5) is 0 Å². The van der Waals surface area contributed by atoms with Gasteiger partial charge in [-0.05, 0) is 48.7 Å². The summed E-state index contributed by atoms with van der Waals surface area (Å²) in [5.41, 5.74) is 3.16. The van der Waals surface area contributed by atoms with Gasteiger partial charge in [-0.2, -0.15) is 5.26 Å². The van der Waals surface area contributed by atoms with Gasteiger partial charge in [0.25, 0.3) is 0 Å². The third-order valence-corrected chi connectivity index (χ3v) is 4.38. The van der Waals surface area contributed by atoms with Crippen LogP contribution in [0.5, 0.6) is 0 Å². The van der Waals surface area contributed by atoms with Gasteiger partial charge >= 0.3 is 0 Å². The van der Waals surface area contributed by atoms with Crippen molar-refractivity contribution in [2.24, 2.45) is 0 Å². The SMILES string of the molecule is CCc1ccc(CNCc2ccc(C#N)cc2C)s1. The first-order valence-electron chi connectivity index (χ1n) is 6.51. The van der Waals surface area contributed by atoms with Crippen LogP contribution in [0.2, 0.25) is 0 Å². The number of benzene rings is 1. The van der Waals surface area contributed by atoms with Crippen molar-refractivity contribution < 1.29 is 0 Å². The largest absolute Gasteiger partial charge is 0.308 e. The maximum absolute atomic E-state index is 8.84. The maximum Gasteiger partial charge on any atom is 0.0991 e. The highest BCUT2D eigenvalue weighted by Crippen LogP contribution is 2.17. The standard InChI is InChI=1S/C16H18N2S/c1-3-15-6-7-16(19-15)11-18-10-14-5-4-13(9-17)8-12(14)2/h4-8,18H,3,10-11H2,1-2H3. The fourth-order valence-corrected chi connectivity index (χ4v) is 2.92. The second-order valence-corrected chi connectivity index (χ2v) is 5.83. The van der Waals surface area contributed by atoms with E-state index in [4.69, 9.17) is 5.26 Å². The monoisotopic (exact) mass is 270 g/mol. The average molecular weight is 270 g/mol. The highest BCUT2D eigenvalue weighted by Gasteiger charge is 2.01. The smallest absolute Gasteiger partial charge is 0.0991 e. The molecule has 1 aromatic carbocycles. The summed E-state index contributed by atoms with van der Waals surface area (Å²) >= 11 is 1.87. The lowest BCUT2D eigenvalue weighted by Crippen LogP contribution is -2.12. The minimum Gasteiger partial charge on any atom is -0.308 e. The second kappa shape index (κ2) is 6.51. The molecule has 0 aliphatic heterocycles. The third-order valence-electron chi connectivity index (χ3n) is 3.15. The molecule has 19 heavy (non-hydrogen) atoms. The average Bonchev–Trinajstić information content (AvgIpc) is 2.88. The highest BCUT2D eigenvalue weighted by molar-refractivity contribution is 7.11. The van der Waals surface area contributed by atoms with E-state index < -0.39 is 0 Å². The molecule has 0 aliphatic rings. The van der Waals surface area contributed by atoms with Gasteiger partial charge in [0.15, 0.2) is 0 Å². The van der Waals surface area contributed by atoms with Crippen LogP contribution in [-0.2, 0) is 19.5 Å². The highest BCUT2D eigenvalue weighted by atomic mass is 32.1. The van der Waals surface area contributed by atoms with Crippen LogP contribution in [0.1, 0.15) is 33.4 Å². The molecule has 0 saturated carbocycles. The number of nitriles is 1.